The number of carbonyl (C=O) groups excluding carboxylic acids is 1. The molecule has 1 aromatic carbocycles. The Morgan fingerprint density at radius 3 is 2.86 bits per heavy atom. The van der Waals surface area contributed by atoms with Crippen LogP contribution in [0.15, 0.2) is 12.1 Å². The number of amides is 2. The minimum atomic E-state index is -1.08. The van der Waals surface area contributed by atoms with Gasteiger partial charge in [0.2, 0.25) is 0 Å². The highest BCUT2D eigenvalue weighted by molar-refractivity contribution is 7.00. The fourth-order valence-corrected chi connectivity index (χ4v) is 2.54. The summed E-state index contributed by atoms with van der Waals surface area (Å²) in [5, 5.41) is 14.3. The van der Waals surface area contributed by atoms with E-state index in [-0.39, 0.29) is 0 Å². The number of aliphatic carboxylic acids is 1. The lowest BCUT2D eigenvalue weighted by Crippen LogP contribution is -2.42. The fourth-order valence-electron chi connectivity index (χ4n) is 1.80. The maximum atomic E-state index is 11.9. The van der Waals surface area contributed by atoms with Gasteiger partial charge < -0.3 is 15.7 Å². The average Bonchev–Trinajstić information content (AvgIpc) is 2.90. The first-order valence-electron chi connectivity index (χ1n) is 6.24. The van der Waals surface area contributed by atoms with Crippen molar-refractivity contribution in [2.45, 2.75) is 25.8 Å². The van der Waals surface area contributed by atoms with Gasteiger partial charge in [0.1, 0.15) is 17.1 Å². The molecule has 7 nitrogen and oxygen atoms in total. The molecule has 0 spiro atoms. The molecule has 21 heavy (non-hydrogen) atoms. The molecule has 0 radical (unpaired) electrons. The first-order valence-corrected chi connectivity index (χ1v) is 7.34. The molecule has 2 aromatic rings. The summed E-state index contributed by atoms with van der Waals surface area (Å²) >= 11 is 7.05. The molecule has 1 aromatic heterocycles. The van der Waals surface area contributed by atoms with Crippen LogP contribution in [-0.4, -0.2) is 31.9 Å². The van der Waals surface area contributed by atoms with Crippen LogP contribution < -0.4 is 10.6 Å². The molecular formula is C12H13ClN4O3S. The molecule has 1 heterocycles. The van der Waals surface area contributed by atoms with Gasteiger partial charge in [0, 0.05) is 0 Å². The Hall–Kier alpha value is -1.93. The van der Waals surface area contributed by atoms with Gasteiger partial charge in [-0.3, -0.25) is 0 Å². The second-order valence-corrected chi connectivity index (χ2v) is 5.27. The number of nitrogens with zero attached hydrogens (tertiary/aromatic N) is 2. The van der Waals surface area contributed by atoms with Crippen molar-refractivity contribution >= 4 is 52.1 Å². The molecule has 0 unspecified atom stereocenters. The van der Waals surface area contributed by atoms with E-state index in [0.29, 0.717) is 34.6 Å². The van der Waals surface area contributed by atoms with Crippen molar-refractivity contribution < 1.29 is 14.7 Å². The summed E-state index contributed by atoms with van der Waals surface area (Å²) in [4.78, 5) is 23.0. The maximum Gasteiger partial charge on any atom is 0.326 e. The molecule has 3 N–H and O–H groups in total. The van der Waals surface area contributed by atoms with Crippen LogP contribution in [0.1, 0.15) is 19.8 Å². The van der Waals surface area contributed by atoms with E-state index in [1.807, 2.05) is 6.92 Å². The van der Waals surface area contributed by atoms with Crippen LogP contribution in [0.2, 0.25) is 5.02 Å². The molecule has 9 heteroatoms. The quantitative estimate of drug-likeness (QED) is 0.782. The third-order valence-corrected chi connectivity index (χ3v) is 3.65. The van der Waals surface area contributed by atoms with Gasteiger partial charge in [-0.2, -0.15) is 8.75 Å². The van der Waals surface area contributed by atoms with E-state index in [0.717, 1.165) is 11.7 Å². The molecule has 0 saturated heterocycles. The van der Waals surface area contributed by atoms with Crippen molar-refractivity contribution in [3.05, 3.63) is 17.2 Å². The van der Waals surface area contributed by atoms with Gasteiger partial charge in [-0.25, -0.2) is 9.59 Å². The summed E-state index contributed by atoms with van der Waals surface area (Å²) in [6.45, 7) is 1.84. The molecule has 1 atom stereocenters. The number of carboxylic acid groups (broad SMARTS) is 1. The third kappa shape index (κ3) is 3.59. The largest absolute Gasteiger partial charge is 0.480 e. The number of hydrogen-bond acceptors (Lipinski definition) is 5. The van der Waals surface area contributed by atoms with Gasteiger partial charge in [-0.05, 0) is 18.6 Å². The first-order chi connectivity index (χ1) is 10.0. The van der Waals surface area contributed by atoms with Gasteiger partial charge in [-0.15, -0.1) is 0 Å². The zero-order chi connectivity index (χ0) is 15.4. The van der Waals surface area contributed by atoms with Crippen LogP contribution in [0, 0.1) is 0 Å². The molecule has 0 aliphatic heterocycles. The second-order valence-electron chi connectivity index (χ2n) is 4.33. The number of rotatable bonds is 5. The smallest absolute Gasteiger partial charge is 0.326 e. The van der Waals surface area contributed by atoms with Gasteiger partial charge in [-0.1, -0.05) is 24.9 Å². The van der Waals surface area contributed by atoms with Crippen molar-refractivity contribution in [3.8, 4) is 0 Å². The highest BCUT2D eigenvalue weighted by Gasteiger charge is 2.20. The number of carbonyl (C=O) groups is 2. The van der Waals surface area contributed by atoms with Gasteiger partial charge in [0.05, 0.1) is 22.4 Å². The Bertz CT molecular complexity index is 676. The van der Waals surface area contributed by atoms with E-state index in [1.165, 1.54) is 0 Å². The maximum absolute atomic E-state index is 11.9. The van der Waals surface area contributed by atoms with E-state index >= 15 is 0 Å². The van der Waals surface area contributed by atoms with Crippen LogP contribution in [-0.2, 0) is 4.79 Å². The molecule has 0 aliphatic rings. The van der Waals surface area contributed by atoms with E-state index in [2.05, 4.69) is 19.4 Å². The third-order valence-electron chi connectivity index (χ3n) is 2.80. The van der Waals surface area contributed by atoms with Gasteiger partial charge in [0.15, 0.2) is 0 Å². The number of hydrogen-bond donors (Lipinski definition) is 3. The molecule has 0 fully saturated rings. The number of aromatic nitrogens is 2. The number of carboxylic acids is 1. The van der Waals surface area contributed by atoms with E-state index in [4.69, 9.17) is 16.7 Å². The number of anilines is 1. The number of halogens is 1. The topological polar surface area (TPSA) is 104 Å². The SMILES string of the molecule is CCC[C@@H](NC(=O)Nc1c(Cl)ccc2nsnc12)C(=O)O. The van der Waals surface area contributed by atoms with Crippen molar-refractivity contribution in [2.75, 3.05) is 5.32 Å². The molecule has 0 saturated carbocycles. The van der Waals surface area contributed by atoms with Crippen LogP contribution in [0.4, 0.5) is 10.5 Å². The van der Waals surface area contributed by atoms with E-state index < -0.39 is 18.0 Å². The molecular weight excluding hydrogens is 316 g/mol. The molecule has 0 bridgehead atoms. The van der Waals surface area contributed by atoms with Crippen LogP contribution in [0.5, 0.6) is 0 Å². The zero-order valence-corrected chi connectivity index (χ0v) is 12.7. The molecule has 0 aliphatic carbocycles. The summed E-state index contributed by atoms with van der Waals surface area (Å²) in [6, 6.07) is 1.71. The molecule has 112 valence electrons. The molecule has 2 amide bonds. The average molecular weight is 329 g/mol. The highest BCUT2D eigenvalue weighted by atomic mass is 35.5. The fraction of sp³-hybridized carbons (Fsp3) is 0.333. The first kappa shape index (κ1) is 15.5. The highest BCUT2D eigenvalue weighted by Crippen LogP contribution is 2.29. The van der Waals surface area contributed by atoms with E-state index in [1.54, 1.807) is 12.1 Å². The predicted octanol–water partition coefficient (Wildman–Crippen LogP) is 2.72. The minimum absolute atomic E-state index is 0.313. The molecule has 2 rings (SSSR count). The van der Waals surface area contributed by atoms with Crippen LogP contribution >= 0.6 is 23.3 Å². The summed E-state index contributed by atoms with van der Waals surface area (Å²) in [6.07, 6.45) is 0.989. The summed E-state index contributed by atoms with van der Waals surface area (Å²) in [5.74, 6) is -1.08. The van der Waals surface area contributed by atoms with Crippen molar-refractivity contribution in [2.24, 2.45) is 0 Å². The Labute approximate surface area is 129 Å². The number of benzene rings is 1. The zero-order valence-electron chi connectivity index (χ0n) is 11.1. The standard InChI is InChI=1S/C12H13ClN4O3S/c1-2-3-8(11(18)19)14-12(20)15-9-6(13)4-5-7-10(9)17-21-16-7/h4-5,8H,2-3H2,1H3,(H,18,19)(H2,14,15,20)/t8-/m1/s1. The lowest BCUT2D eigenvalue weighted by Gasteiger charge is -2.14. The normalized spacial score (nSPS) is 12.1. The predicted molar refractivity (Wildman–Crippen MR) is 80.9 cm³/mol. The Morgan fingerprint density at radius 1 is 1.43 bits per heavy atom. The monoisotopic (exact) mass is 328 g/mol. The Balaban J connectivity index is 2.16. The van der Waals surface area contributed by atoms with Crippen LogP contribution in [0.3, 0.4) is 0 Å². The Kier molecular flexibility index (Phi) is 4.92. The summed E-state index contributed by atoms with van der Waals surface area (Å²) in [7, 11) is 0. The van der Waals surface area contributed by atoms with Crippen LogP contribution in [0.25, 0.3) is 11.0 Å². The summed E-state index contributed by atoms with van der Waals surface area (Å²) < 4.78 is 8.12. The number of urea groups is 1. The number of nitrogens with one attached hydrogen (secondary N) is 2. The minimum Gasteiger partial charge on any atom is -0.480 e. The lowest BCUT2D eigenvalue weighted by molar-refractivity contribution is -0.139. The van der Waals surface area contributed by atoms with Gasteiger partial charge >= 0.3 is 12.0 Å². The van der Waals surface area contributed by atoms with E-state index in [9.17, 15) is 9.59 Å². The van der Waals surface area contributed by atoms with Crippen molar-refractivity contribution in [1.82, 2.24) is 14.1 Å². The van der Waals surface area contributed by atoms with Crippen molar-refractivity contribution in [3.63, 3.8) is 0 Å². The second kappa shape index (κ2) is 6.68. The van der Waals surface area contributed by atoms with Gasteiger partial charge in [0.25, 0.3) is 0 Å². The van der Waals surface area contributed by atoms with Crippen molar-refractivity contribution in [1.29, 1.82) is 0 Å². The Morgan fingerprint density at radius 2 is 2.19 bits per heavy atom. The lowest BCUT2D eigenvalue weighted by atomic mass is 10.2. The number of fused-ring (bicyclic) bond motifs is 1. The summed E-state index contributed by atoms with van der Waals surface area (Å²) in [5.41, 5.74) is 1.41.